The van der Waals surface area contributed by atoms with Crippen molar-refractivity contribution in [3.63, 3.8) is 0 Å². The van der Waals surface area contributed by atoms with E-state index in [1.54, 1.807) is 6.07 Å². The molecule has 0 saturated heterocycles. The van der Waals surface area contributed by atoms with Gasteiger partial charge in [0.2, 0.25) is 0 Å². The van der Waals surface area contributed by atoms with Crippen LogP contribution in [0.4, 0.5) is 5.69 Å². The Bertz CT molecular complexity index is 729. The number of aromatic nitrogens is 3. The molecular weight excluding hydrogens is 244 g/mol. The van der Waals surface area contributed by atoms with Crippen molar-refractivity contribution in [2.75, 3.05) is 5.73 Å². The summed E-state index contributed by atoms with van der Waals surface area (Å²) < 4.78 is 6.96. The van der Waals surface area contributed by atoms with Crippen LogP contribution < -0.4 is 5.73 Å². The average molecular weight is 258 g/mol. The summed E-state index contributed by atoms with van der Waals surface area (Å²) in [5.74, 6) is 1.34. The Morgan fingerprint density at radius 3 is 2.89 bits per heavy atom. The molecule has 0 radical (unpaired) electrons. The van der Waals surface area contributed by atoms with Crippen molar-refractivity contribution >= 4 is 16.7 Å². The Labute approximate surface area is 109 Å². The maximum Gasteiger partial charge on any atom is 0.136 e. The van der Waals surface area contributed by atoms with Crippen molar-refractivity contribution in [2.24, 2.45) is 0 Å². The van der Waals surface area contributed by atoms with Crippen molar-refractivity contribution in [2.45, 2.75) is 20.1 Å². The van der Waals surface area contributed by atoms with Crippen molar-refractivity contribution in [3.05, 3.63) is 41.5 Å². The monoisotopic (exact) mass is 258 g/mol. The molecule has 0 fully saturated rings. The third kappa shape index (κ3) is 2.06. The molecule has 0 aliphatic rings. The number of hydrogen-bond acceptors (Lipinski definition) is 5. The molecule has 3 N–H and O–H groups in total. The highest BCUT2D eigenvalue weighted by Crippen LogP contribution is 2.20. The molecule has 1 aromatic carbocycles. The molecule has 19 heavy (non-hydrogen) atoms. The number of anilines is 1. The summed E-state index contributed by atoms with van der Waals surface area (Å²) in [4.78, 5) is 4.37. The van der Waals surface area contributed by atoms with E-state index in [2.05, 4.69) is 10.1 Å². The minimum atomic E-state index is -0.134. The Balaban J connectivity index is 2.10. The van der Waals surface area contributed by atoms with E-state index in [0.29, 0.717) is 18.1 Å². The molecule has 0 bridgehead atoms. The van der Waals surface area contributed by atoms with E-state index < -0.39 is 0 Å². The van der Waals surface area contributed by atoms with E-state index >= 15 is 0 Å². The topological polar surface area (TPSA) is 90.1 Å². The summed E-state index contributed by atoms with van der Waals surface area (Å²) in [5.41, 5.74) is 8.87. The highest BCUT2D eigenvalue weighted by atomic mass is 16.5. The fourth-order valence-electron chi connectivity index (χ4n) is 2.15. The van der Waals surface area contributed by atoms with Crippen LogP contribution in [0.5, 0.6) is 0 Å². The van der Waals surface area contributed by atoms with Gasteiger partial charge in [0, 0.05) is 11.8 Å². The third-order valence-corrected chi connectivity index (χ3v) is 2.99. The summed E-state index contributed by atoms with van der Waals surface area (Å²) in [7, 11) is 0. The van der Waals surface area contributed by atoms with Gasteiger partial charge in [0.05, 0.1) is 17.6 Å². The molecule has 6 nitrogen and oxygen atoms in total. The molecule has 0 atom stereocenters. The molecule has 0 spiro atoms. The Morgan fingerprint density at radius 2 is 2.21 bits per heavy atom. The van der Waals surface area contributed by atoms with E-state index in [1.807, 2.05) is 29.7 Å². The van der Waals surface area contributed by atoms with Crippen molar-refractivity contribution in [3.8, 4) is 0 Å². The Morgan fingerprint density at radius 1 is 1.37 bits per heavy atom. The molecule has 0 saturated carbocycles. The Kier molecular flexibility index (Phi) is 2.72. The van der Waals surface area contributed by atoms with Crippen LogP contribution in [0.3, 0.4) is 0 Å². The number of hydrogen-bond donors (Lipinski definition) is 2. The second-order valence-corrected chi connectivity index (χ2v) is 4.45. The van der Waals surface area contributed by atoms with Crippen LogP contribution in [0.1, 0.15) is 17.3 Å². The number of aliphatic hydroxyl groups is 1. The number of nitrogens with two attached hydrogens (primary N) is 1. The zero-order valence-electron chi connectivity index (χ0n) is 10.5. The molecule has 0 aliphatic carbocycles. The predicted molar refractivity (Wildman–Crippen MR) is 70.4 cm³/mol. The van der Waals surface area contributed by atoms with Gasteiger partial charge >= 0.3 is 0 Å². The fourth-order valence-corrected chi connectivity index (χ4v) is 2.15. The summed E-state index contributed by atoms with van der Waals surface area (Å²) in [5, 5.41) is 13.4. The van der Waals surface area contributed by atoms with E-state index in [9.17, 15) is 5.11 Å². The molecule has 98 valence electrons. The highest BCUT2D eigenvalue weighted by molar-refractivity contribution is 5.79. The molecule has 6 heteroatoms. The standard InChI is InChI=1S/C13H14N4O2/c1-8-4-10(16-19-8)6-17-12-3-2-9(14)5-11(12)15-13(17)7-18/h2-5,18H,6-7,14H2,1H3. The number of aliphatic hydroxyl groups excluding tert-OH is 1. The van der Waals surface area contributed by atoms with Crippen LogP contribution in [0, 0.1) is 6.92 Å². The van der Waals surface area contributed by atoms with Gasteiger partial charge in [-0.05, 0) is 25.1 Å². The van der Waals surface area contributed by atoms with Crippen LogP contribution >= 0.6 is 0 Å². The average Bonchev–Trinajstić information content (AvgIpc) is 2.94. The van der Waals surface area contributed by atoms with Gasteiger partial charge in [0.15, 0.2) is 0 Å². The first-order valence-electron chi connectivity index (χ1n) is 5.95. The van der Waals surface area contributed by atoms with Gasteiger partial charge in [0.1, 0.15) is 23.9 Å². The van der Waals surface area contributed by atoms with Crippen molar-refractivity contribution < 1.29 is 9.63 Å². The molecular formula is C13H14N4O2. The lowest BCUT2D eigenvalue weighted by molar-refractivity contribution is 0.266. The number of fused-ring (bicyclic) bond motifs is 1. The predicted octanol–water partition coefficient (Wildman–Crippen LogP) is 1.46. The quantitative estimate of drug-likeness (QED) is 0.694. The Hall–Kier alpha value is -2.34. The zero-order chi connectivity index (χ0) is 13.4. The maximum absolute atomic E-state index is 9.41. The number of aryl methyl sites for hydroxylation is 1. The van der Waals surface area contributed by atoms with E-state index in [-0.39, 0.29) is 6.61 Å². The van der Waals surface area contributed by atoms with Gasteiger partial charge in [-0.2, -0.15) is 0 Å². The van der Waals surface area contributed by atoms with Gasteiger partial charge in [-0.1, -0.05) is 5.16 Å². The van der Waals surface area contributed by atoms with Gasteiger partial charge in [-0.3, -0.25) is 0 Å². The summed E-state index contributed by atoms with van der Waals surface area (Å²) in [6.07, 6.45) is 0. The number of rotatable bonds is 3. The van der Waals surface area contributed by atoms with Gasteiger partial charge in [-0.25, -0.2) is 4.98 Å². The van der Waals surface area contributed by atoms with Crippen LogP contribution in [-0.4, -0.2) is 19.8 Å². The number of benzene rings is 1. The molecule has 2 heterocycles. The first-order valence-corrected chi connectivity index (χ1v) is 5.95. The van der Waals surface area contributed by atoms with Crippen LogP contribution in [0.2, 0.25) is 0 Å². The van der Waals surface area contributed by atoms with E-state index in [0.717, 1.165) is 22.5 Å². The highest BCUT2D eigenvalue weighted by Gasteiger charge is 2.12. The fraction of sp³-hybridized carbons (Fsp3) is 0.231. The third-order valence-electron chi connectivity index (χ3n) is 2.99. The van der Waals surface area contributed by atoms with Crippen molar-refractivity contribution in [1.82, 2.24) is 14.7 Å². The normalized spacial score (nSPS) is 11.3. The molecule has 3 aromatic rings. The lowest BCUT2D eigenvalue weighted by Crippen LogP contribution is -2.05. The molecule has 3 rings (SSSR count). The lowest BCUT2D eigenvalue weighted by Gasteiger charge is -2.05. The summed E-state index contributed by atoms with van der Waals surface area (Å²) in [6.45, 7) is 2.22. The number of imidazole rings is 1. The first-order chi connectivity index (χ1) is 9.17. The second-order valence-electron chi connectivity index (χ2n) is 4.45. The van der Waals surface area contributed by atoms with Crippen molar-refractivity contribution in [1.29, 1.82) is 0 Å². The lowest BCUT2D eigenvalue weighted by atomic mass is 10.3. The van der Waals surface area contributed by atoms with E-state index in [1.165, 1.54) is 0 Å². The maximum atomic E-state index is 9.41. The first kappa shape index (κ1) is 11.7. The van der Waals surface area contributed by atoms with Crippen LogP contribution in [0.15, 0.2) is 28.8 Å². The van der Waals surface area contributed by atoms with E-state index in [4.69, 9.17) is 10.3 Å². The van der Waals surface area contributed by atoms with Gasteiger partial charge < -0.3 is 19.9 Å². The second kappa shape index (κ2) is 4.40. The molecule has 0 amide bonds. The molecule has 0 aliphatic heterocycles. The largest absolute Gasteiger partial charge is 0.399 e. The summed E-state index contributed by atoms with van der Waals surface area (Å²) in [6, 6.07) is 7.36. The SMILES string of the molecule is Cc1cc(Cn2c(CO)nc3cc(N)ccc32)no1. The van der Waals surface area contributed by atoms with Gasteiger partial charge in [0.25, 0.3) is 0 Å². The molecule has 2 aromatic heterocycles. The van der Waals surface area contributed by atoms with Gasteiger partial charge in [-0.15, -0.1) is 0 Å². The number of nitrogen functional groups attached to an aromatic ring is 1. The summed E-state index contributed by atoms with van der Waals surface area (Å²) >= 11 is 0. The molecule has 0 unspecified atom stereocenters. The smallest absolute Gasteiger partial charge is 0.136 e. The minimum absolute atomic E-state index is 0.134. The van der Waals surface area contributed by atoms with Crippen LogP contribution in [0.25, 0.3) is 11.0 Å². The van der Waals surface area contributed by atoms with Crippen LogP contribution in [-0.2, 0) is 13.2 Å². The zero-order valence-corrected chi connectivity index (χ0v) is 10.5. The number of nitrogens with zero attached hydrogens (tertiary/aromatic N) is 3. The minimum Gasteiger partial charge on any atom is -0.399 e.